The standard InChI is InChI=1S/C29H30N4O2/c1-28(2)23-17-19(27(34)29(3,4)32-13-15-35-16-14-32)9-11-21(23)22-12-10-20(18-24(22)28)33-26-8-6-5-7-25(26)30-31-33/h5-12,17-18H,13-16H2,1-4H3. The molecule has 1 aliphatic carbocycles. The van der Waals surface area contributed by atoms with Gasteiger partial charge in [0.15, 0.2) is 5.78 Å². The minimum absolute atomic E-state index is 0.156. The zero-order valence-corrected chi connectivity index (χ0v) is 20.7. The first-order chi connectivity index (χ1) is 16.8. The van der Waals surface area contributed by atoms with Gasteiger partial charge in [0, 0.05) is 24.1 Å². The number of morpholine rings is 1. The predicted molar refractivity (Wildman–Crippen MR) is 137 cm³/mol. The van der Waals surface area contributed by atoms with Gasteiger partial charge in [0.1, 0.15) is 5.52 Å². The minimum atomic E-state index is -0.574. The Morgan fingerprint density at radius 3 is 2.40 bits per heavy atom. The average molecular weight is 467 g/mol. The molecule has 0 bridgehead atoms. The summed E-state index contributed by atoms with van der Waals surface area (Å²) >= 11 is 0. The second kappa shape index (κ2) is 7.83. The summed E-state index contributed by atoms with van der Waals surface area (Å²) in [6.07, 6.45) is 0. The van der Waals surface area contributed by atoms with Crippen molar-refractivity contribution < 1.29 is 9.53 Å². The van der Waals surface area contributed by atoms with Gasteiger partial charge in [-0.15, -0.1) is 5.10 Å². The van der Waals surface area contributed by atoms with Crippen LogP contribution in [-0.2, 0) is 10.2 Å². The maximum Gasteiger partial charge on any atom is 0.182 e. The van der Waals surface area contributed by atoms with Crippen molar-refractivity contribution in [3.63, 3.8) is 0 Å². The quantitative estimate of drug-likeness (QED) is 0.395. The Morgan fingerprint density at radius 2 is 1.63 bits per heavy atom. The number of ketones is 1. The van der Waals surface area contributed by atoms with Gasteiger partial charge in [-0.2, -0.15) is 0 Å². The molecule has 0 atom stereocenters. The molecule has 1 aromatic heterocycles. The van der Waals surface area contributed by atoms with E-state index in [-0.39, 0.29) is 11.2 Å². The normalized spacial score (nSPS) is 17.4. The lowest BCUT2D eigenvalue weighted by atomic mass is 9.80. The van der Waals surface area contributed by atoms with Crippen LogP contribution in [0.4, 0.5) is 0 Å². The lowest BCUT2D eigenvalue weighted by molar-refractivity contribution is -0.00430. The van der Waals surface area contributed by atoms with Crippen molar-refractivity contribution >= 4 is 16.8 Å². The SMILES string of the molecule is CC1(C)c2cc(C(=O)C(C)(C)N3CCOCC3)ccc2-c2ccc(-n3nnc4ccccc43)cc21. The Kier molecular flexibility index (Phi) is 4.95. The highest BCUT2D eigenvalue weighted by atomic mass is 16.5. The minimum Gasteiger partial charge on any atom is -0.379 e. The monoisotopic (exact) mass is 466 g/mol. The van der Waals surface area contributed by atoms with Gasteiger partial charge in [-0.25, -0.2) is 4.68 Å². The number of carbonyl (C=O) groups is 1. The van der Waals surface area contributed by atoms with Crippen LogP contribution in [0.15, 0.2) is 60.7 Å². The number of hydrogen-bond acceptors (Lipinski definition) is 5. The number of ether oxygens (including phenoxy) is 1. The molecule has 0 unspecified atom stereocenters. The van der Waals surface area contributed by atoms with E-state index in [0.29, 0.717) is 13.2 Å². The van der Waals surface area contributed by atoms with Crippen LogP contribution in [0.1, 0.15) is 49.2 Å². The predicted octanol–water partition coefficient (Wildman–Crippen LogP) is 5.02. The third-order valence-corrected chi connectivity index (χ3v) is 7.88. The maximum atomic E-state index is 13.7. The van der Waals surface area contributed by atoms with Crippen LogP contribution in [0.5, 0.6) is 0 Å². The fraction of sp³-hybridized carbons (Fsp3) is 0.345. The zero-order chi connectivity index (χ0) is 24.4. The fourth-order valence-corrected chi connectivity index (χ4v) is 5.68. The van der Waals surface area contributed by atoms with Crippen molar-refractivity contribution in [2.45, 2.75) is 38.6 Å². The van der Waals surface area contributed by atoms with Crippen LogP contribution in [-0.4, -0.2) is 57.5 Å². The highest BCUT2D eigenvalue weighted by molar-refractivity contribution is 6.03. The molecule has 0 amide bonds. The molecule has 0 spiro atoms. The van der Waals surface area contributed by atoms with Gasteiger partial charge in [0.2, 0.25) is 0 Å². The van der Waals surface area contributed by atoms with Crippen molar-refractivity contribution in [2.75, 3.05) is 26.3 Å². The van der Waals surface area contributed by atoms with Crippen LogP contribution in [0.25, 0.3) is 27.8 Å². The van der Waals surface area contributed by atoms with Gasteiger partial charge >= 0.3 is 0 Å². The average Bonchev–Trinajstić information content (AvgIpc) is 3.41. The van der Waals surface area contributed by atoms with E-state index in [0.717, 1.165) is 35.4 Å². The molecule has 6 rings (SSSR count). The number of para-hydroxylation sites is 1. The number of carbonyl (C=O) groups excluding carboxylic acids is 1. The molecule has 3 aromatic carbocycles. The van der Waals surface area contributed by atoms with E-state index in [1.165, 1.54) is 22.3 Å². The largest absolute Gasteiger partial charge is 0.379 e. The Labute approximate surface area is 205 Å². The molecular formula is C29H30N4O2. The number of Topliss-reactive ketones (excluding diaryl/α,β-unsaturated/α-hetero) is 1. The fourth-order valence-electron chi connectivity index (χ4n) is 5.68. The number of hydrogen-bond donors (Lipinski definition) is 0. The molecule has 2 aliphatic rings. The third-order valence-electron chi connectivity index (χ3n) is 7.88. The van der Waals surface area contributed by atoms with Crippen LogP contribution in [0.2, 0.25) is 0 Å². The first-order valence-corrected chi connectivity index (χ1v) is 12.3. The van der Waals surface area contributed by atoms with E-state index in [2.05, 4.69) is 59.4 Å². The first-order valence-electron chi connectivity index (χ1n) is 12.3. The number of benzene rings is 3. The van der Waals surface area contributed by atoms with Crippen molar-refractivity contribution in [1.82, 2.24) is 19.9 Å². The molecule has 0 radical (unpaired) electrons. The number of fused-ring (bicyclic) bond motifs is 4. The lowest BCUT2D eigenvalue weighted by Crippen LogP contribution is -2.54. The summed E-state index contributed by atoms with van der Waals surface area (Å²) in [4.78, 5) is 15.9. The maximum absolute atomic E-state index is 13.7. The molecule has 2 heterocycles. The van der Waals surface area contributed by atoms with E-state index in [9.17, 15) is 4.79 Å². The summed E-state index contributed by atoms with van der Waals surface area (Å²) in [6.45, 7) is 11.4. The Hall–Kier alpha value is -3.35. The van der Waals surface area contributed by atoms with Gasteiger partial charge in [0.25, 0.3) is 0 Å². The molecule has 0 N–H and O–H groups in total. The van der Waals surface area contributed by atoms with E-state index in [1.807, 2.05) is 48.9 Å². The zero-order valence-electron chi connectivity index (χ0n) is 20.7. The van der Waals surface area contributed by atoms with Gasteiger partial charge in [0.05, 0.1) is 30.0 Å². The number of nitrogens with zero attached hydrogens (tertiary/aromatic N) is 4. The smallest absolute Gasteiger partial charge is 0.182 e. The van der Waals surface area contributed by atoms with E-state index in [1.54, 1.807) is 0 Å². The van der Waals surface area contributed by atoms with E-state index in [4.69, 9.17) is 4.74 Å². The summed E-state index contributed by atoms with van der Waals surface area (Å²) in [6, 6.07) is 20.7. The van der Waals surface area contributed by atoms with Gasteiger partial charge in [-0.3, -0.25) is 9.69 Å². The second-order valence-electron chi connectivity index (χ2n) is 10.6. The molecule has 35 heavy (non-hydrogen) atoms. The lowest BCUT2D eigenvalue weighted by Gasteiger charge is -2.39. The molecule has 1 aliphatic heterocycles. The Morgan fingerprint density at radius 1 is 0.943 bits per heavy atom. The van der Waals surface area contributed by atoms with Crippen LogP contribution >= 0.6 is 0 Å². The molecule has 0 saturated carbocycles. The third kappa shape index (κ3) is 3.35. The van der Waals surface area contributed by atoms with Gasteiger partial charge in [-0.05, 0) is 66.4 Å². The van der Waals surface area contributed by atoms with Gasteiger partial charge < -0.3 is 4.74 Å². The van der Waals surface area contributed by atoms with Crippen molar-refractivity contribution in [3.8, 4) is 16.8 Å². The molecule has 6 heteroatoms. The summed E-state index contributed by atoms with van der Waals surface area (Å²) < 4.78 is 7.40. The molecule has 1 fully saturated rings. The molecule has 178 valence electrons. The van der Waals surface area contributed by atoms with Crippen molar-refractivity contribution in [1.29, 1.82) is 0 Å². The molecule has 6 nitrogen and oxygen atoms in total. The summed E-state index contributed by atoms with van der Waals surface area (Å²) in [5.41, 5.74) is 7.64. The second-order valence-corrected chi connectivity index (χ2v) is 10.6. The van der Waals surface area contributed by atoms with Crippen LogP contribution in [0, 0.1) is 0 Å². The summed E-state index contributed by atoms with van der Waals surface area (Å²) in [5, 5.41) is 8.73. The Bertz CT molecular complexity index is 1460. The van der Waals surface area contributed by atoms with Crippen LogP contribution in [0.3, 0.4) is 0 Å². The van der Waals surface area contributed by atoms with E-state index >= 15 is 0 Å². The van der Waals surface area contributed by atoms with E-state index < -0.39 is 5.54 Å². The highest BCUT2D eigenvalue weighted by Gasteiger charge is 2.39. The van der Waals surface area contributed by atoms with Crippen molar-refractivity contribution in [2.24, 2.45) is 0 Å². The van der Waals surface area contributed by atoms with Crippen molar-refractivity contribution in [3.05, 3.63) is 77.4 Å². The van der Waals surface area contributed by atoms with Gasteiger partial charge in [-0.1, -0.05) is 49.4 Å². The summed E-state index contributed by atoms with van der Waals surface area (Å²) in [5.74, 6) is 0.156. The van der Waals surface area contributed by atoms with Crippen LogP contribution < -0.4 is 0 Å². The number of aromatic nitrogens is 3. The molecule has 1 saturated heterocycles. The Balaban J connectivity index is 1.38. The molecular weight excluding hydrogens is 436 g/mol. The highest BCUT2D eigenvalue weighted by Crippen LogP contribution is 2.49. The number of rotatable bonds is 4. The summed E-state index contributed by atoms with van der Waals surface area (Å²) in [7, 11) is 0. The first kappa shape index (κ1) is 22.1. The molecule has 4 aromatic rings. The topological polar surface area (TPSA) is 60.2 Å².